The maximum Gasteiger partial charge on any atom is 0.203 e. The Labute approximate surface area is 154 Å². The van der Waals surface area contributed by atoms with Crippen LogP contribution in [-0.4, -0.2) is 27.0 Å². The third kappa shape index (κ3) is 3.83. The summed E-state index contributed by atoms with van der Waals surface area (Å²) in [6.45, 7) is 5.49. The number of nitrogens with zero attached hydrogens (tertiary/aromatic N) is 2. The van der Waals surface area contributed by atoms with E-state index < -0.39 is 6.10 Å². The summed E-state index contributed by atoms with van der Waals surface area (Å²) >= 11 is 0. The number of para-hydroxylation sites is 3. The Morgan fingerprint density at radius 2 is 1.69 bits per heavy atom. The van der Waals surface area contributed by atoms with Crippen molar-refractivity contribution in [1.29, 1.82) is 5.41 Å². The first-order chi connectivity index (χ1) is 12.6. The van der Waals surface area contributed by atoms with Crippen molar-refractivity contribution in [3.05, 3.63) is 59.7 Å². The second kappa shape index (κ2) is 8.23. The molecule has 0 radical (unpaired) electrons. The zero-order chi connectivity index (χ0) is 18.5. The van der Waals surface area contributed by atoms with Crippen molar-refractivity contribution in [2.45, 2.75) is 45.9 Å². The van der Waals surface area contributed by atoms with Gasteiger partial charge in [0.1, 0.15) is 18.5 Å². The van der Waals surface area contributed by atoms with E-state index in [1.54, 1.807) is 0 Å². The molecule has 1 atom stereocenters. The molecule has 1 unspecified atom stereocenters. The molecule has 0 aliphatic heterocycles. The smallest absolute Gasteiger partial charge is 0.203 e. The molecule has 2 aromatic carbocycles. The van der Waals surface area contributed by atoms with Crippen molar-refractivity contribution < 1.29 is 9.84 Å². The molecule has 138 valence electrons. The molecule has 2 N–H and O–H groups in total. The third-order valence-electron chi connectivity index (χ3n) is 4.63. The highest BCUT2D eigenvalue weighted by Crippen LogP contribution is 2.17. The predicted octanol–water partition coefficient (Wildman–Crippen LogP) is 3.47. The molecular weight excluding hydrogens is 326 g/mol. The van der Waals surface area contributed by atoms with Gasteiger partial charge in [-0.05, 0) is 37.1 Å². The van der Waals surface area contributed by atoms with Gasteiger partial charge in [-0.1, -0.05) is 43.7 Å². The third-order valence-corrected chi connectivity index (χ3v) is 4.63. The van der Waals surface area contributed by atoms with Crippen molar-refractivity contribution in [1.82, 2.24) is 9.13 Å². The zero-order valence-corrected chi connectivity index (χ0v) is 15.5. The molecule has 26 heavy (non-hydrogen) atoms. The molecule has 0 saturated carbocycles. The quantitative estimate of drug-likeness (QED) is 0.651. The summed E-state index contributed by atoms with van der Waals surface area (Å²) in [5.41, 5.74) is 3.49. The first kappa shape index (κ1) is 18.3. The standard InChI is InChI=1S/C21H27N3O2/c1-3-4-13-23-18-10-6-7-11-19(18)24(21(23)22)14-17(25)15-26-20-12-8-5-9-16(20)2/h5-12,17,22,25H,3-4,13-15H2,1-2H3. The van der Waals surface area contributed by atoms with Crippen LogP contribution in [-0.2, 0) is 13.1 Å². The highest BCUT2D eigenvalue weighted by molar-refractivity contribution is 5.75. The molecule has 0 amide bonds. The minimum Gasteiger partial charge on any atom is -0.491 e. The number of rotatable bonds is 8. The second-order valence-electron chi connectivity index (χ2n) is 6.66. The molecule has 5 nitrogen and oxygen atoms in total. The highest BCUT2D eigenvalue weighted by Gasteiger charge is 2.14. The lowest BCUT2D eigenvalue weighted by Gasteiger charge is -2.15. The highest BCUT2D eigenvalue weighted by atomic mass is 16.5. The summed E-state index contributed by atoms with van der Waals surface area (Å²) < 4.78 is 9.66. The first-order valence-electron chi connectivity index (χ1n) is 9.21. The number of aliphatic hydroxyl groups excluding tert-OH is 1. The molecule has 5 heteroatoms. The number of nitrogens with one attached hydrogen (secondary N) is 1. The van der Waals surface area contributed by atoms with E-state index in [9.17, 15) is 5.11 Å². The van der Waals surface area contributed by atoms with Gasteiger partial charge >= 0.3 is 0 Å². The number of hydrogen-bond acceptors (Lipinski definition) is 3. The summed E-state index contributed by atoms with van der Waals surface area (Å²) in [6.07, 6.45) is 1.43. The minimum atomic E-state index is -0.686. The predicted molar refractivity (Wildman–Crippen MR) is 103 cm³/mol. The molecule has 0 aliphatic carbocycles. The Hall–Kier alpha value is -2.53. The van der Waals surface area contributed by atoms with Crippen molar-refractivity contribution in [2.75, 3.05) is 6.61 Å². The zero-order valence-electron chi connectivity index (χ0n) is 15.5. The van der Waals surface area contributed by atoms with Crippen LogP contribution in [0.1, 0.15) is 25.3 Å². The lowest BCUT2D eigenvalue weighted by atomic mass is 10.2. The van der Waals surface area contributed by atoms with Gasteiger partial charge in [0.2, 0.25) is 5.62 Å². The number of imidazole rings is 1. The van der Waals surface area contributed by atoms with Gasteiger partial charge in [0.25, 0.3) is 0 Å². The van der Waals surface area contributed by atoms with Gasteiger partial charge in [-0.15, -0.1) is 0 Å². The van der Waals surface area contributed by atoms with E-state index in [4.69, 9.17) is 10.1 Å². The Morgan fingerprint density at radius 1 is 1.04 bits per heavy atom. The maximum absolute atomic E-state index is 10.5. The fourth-order valence-corrected chi connectivity index (χ4v) is 3.19. The Morgan fingerprint density at radius 3 is 2.38 bits per heavy atom. The molecule has 1 aromatic heterocycles. The Kier molecular flexibility index (Phi) is 5.78. The second-order valence-corrected chi connectivity index (χ2v) is 6.66. The lowest BCUT2D eigenvalue weighted by molar-refractivity contribution is 0.0917. The number of aliphatic hydroxyl groups is 1. The summed E-state index contributed by atoms with van der Waals surface area (Å²) in [5.74, 6) is 0.785. The average molecular weight is 353 g/mol. The topological polar surface area (TPSA) is 63.2 Å². The van der Waals surface area contributed by atoms with Gasteiger partial charge in [0.05, 0.1) is 17.6 Å². The SMILES string of the molecule is CCCCn1c(=N)n(CC(O)COc2ccccc2C)c2ccccc21. The normalized spacial score (nSPS) is 12.4. The van der Waals surface area contributed by atoms with E-state index in [1.807, 2.05) is 64.6 Å². The lowest BCUT2D eigenvalue weighted by Crippen LogP contribution is -2.31. The number of benzene rings is 2. The number of fused-ring (bicyclic) bond motifs is 1. The molecule has 0 saturated heterocycles. The molecule has 1 heterocycles. The molecule has 0 aliphatic rings. The number of aryl methyl sites for hydroxylation is 2. The maximum atomic E-state index is 10.5. The van der Waals surface area contributed by atoms with E-state index >= 15 is 0 Å². The van der Waals surface area contributed by atoms with Crippen LogP contribution in [0.4, 0.5) is 0 Å². The molecule has 0 fully saturated rings. The molecule has 0 spiro atoms. The first-order valence-corrected chi connectivity index (χ1v) is 9.21. The molecule has 3 aromatic rings. The average Bonchev–Trinajstić information content (AvgIpc) is 2.91. The largest absolute Gasteiger partial charge is 0.491 e. The van der Waals surface area contributed by atoms with Crippen LogP contribution in [0.25, 0.3) is 11.0 Å². The van der Waals surface area contributed by atoms with Crippen LogP contribution in [0.3, 0.4) is 0 Å². The van der Waals surface area contributed by atoms with Crippen molar-refractivity contribution in [3.8, 4) is 5.75 Å². The monoisotopic (exact) mass is 353 g/mol. The molecule has 3 rings (SSSR count). The van der Waals surface area contributed by atoms with Crippen molar-refractivity contribution in [2.24, 2.45) is 0 Å². The van der Waals surface area contributed by atoms with E-state index in [0.717, 1.165) is 41.7 Å². The molecule has 0 bridgehead atoms. The van der Waals surface area contributed by atoms with Gasteiger partial charge in [0.15, 0.2) is 0 Å². The van der Waals surface area contributed by atoms with Crippen molar-refractivity contribution >= 4 is 11.0 Å². The minimum absolute atomic E-state index is 0.200. The summed E-state index contributed by atoms with van der Waals surface area (Å²) in [5, 5.41) is 19.0. The van der Waals surface area contributed by atoms with E-state index in [1.165, 1.54) is 0 Å². The van der Waals surface area contributed by atoms with Crippen LogP contribution in [0.5, 0.6) is 5.75 Å². The van der Waals surface area contributed by atoms with Crippen LogP contribution in [0, 0.1) is 12.3 Å². The van der Waals surface area contributed by atoms with Gasteiger partial charge in [-0.25, -0.2) is 0 Å². The van der Waals surface area contributed by atoms with Gasteiger partial charge in [-0.3, -0.25) is 5.41 Å². The Balaban J connectivity index is 1.78. The molecular formula is C21H27N3O2. The van der Waals surface area contributed by atoms with Crippen LogP contribution in [0.15, 0.2) is 48.5 Å². The number of aromatic nitrogens is 2. The summed E-state index contributed by atoms with van der Waals surface area (Å²) in [7, 11) is 0. The van der Waals surface area contributed by atoms with Gasteiger partial charge in [-0.2, -0.15) is 0 Å². The summed E-state index contributed by atoms with van der Waals surface area (Å²) in [6, 6.07) is 15.8. The summed E-state index contributed by atoms with van der Waals surface area (Å²) in [4.78, 5) is 0. The van der Waals surface area contributed by atoms with Crippen molar-refractivity contribution in [3.63, 3.8) is 0 Å². The number of unbranched alkanes of at least 4 members (excludes halogenated alkanes) is 1. The Bertz CT molecular complexity index is 926. The van der Waals surface area contributed by atoms with E-state index in [-0.39, 0.29) is 6.61 Å². The number of ether oxygens (including phenoxy) is 1. The van der Waals surface area contributed by atoms with Crippen LogP contribution >= 0.6 is 0 Å². The van der Waals surface area contributed by atoms with Gasteiger partial charge < -0.3 is 19.0 Å². The van der Waals surface area contributed by atoms with E-state index in [2.05, 4.69) is 6.92 Å². The fourth-order valence-electron chi connectivity index (χ4n) is 3.19. The fraction of sp³-hybridized carbons (Fsp3) is 0.381. The number of hydrogen-bond donors (Lipinski definition) is 2. The van der Waals surface area contributed by atoms with Crippen LogP contribution in [0.2, 0.25) is 0 Å². The van der Waals surface area contributed by atoms with Crippen LogP contribution < -0.4 is 10.4 Å². The van der Waals surface area contributed by atoms with Gasteiger partial charge in [0, 0.05) is 6.54 Å². The van der Waals surface area contributed by atoms with E-state index in [0.29, 0.717) is 12.2 Å².